The Morgan fingerprint density at radius 2 is 1.97 bits per heavy atom. The molecule has 1 amide bonds. The summed E-state index contributed by atoms with van der Waals surface area (Å²) in [6.07, 6.45) is 1.92. The highest BCUT2D eigenvalue weighted by atomic mass is 16.7. The summed E-state index contributed by atoms with van der Waals surface area (Å²) in [5.74, 6) is 0.761. The lowest BCUT2D eigenvalue weighted by Crippen LogP contribution is -2.33. The number of aryl methyl sites for hydroxylation is 1. The second-order valence-corrected chi connectivity index (χ2v) is 7.04. The molecule has 30 heavy (non-hydrogen) atoms. The predicted molar refractivity (Wildman–Crippen MR) is 116 cm³/mol. The molecular weight excluding hydrogens is 382 g/mol. The molecule has 0 spiro atoms. The first-order valence-corrected chi connectivity index (χ1v) is 10.3. The number of carbonyl (C=O) groups is 1. The fraction of sp³-hybridized carbons (Fsp3) is 0.409. The molecule has 2 aromatic heterocycles. The molecule has 0 unspecified atom stereocenters. The summed E-state index contributed by atoms with van der Waals surface area (Å²) in [6.45, 7) is 7.10. The van der Waals surface area contributed by atoms with Crippen molar-refractivity contribution in [1.29, 1.82) is 0 Å². The molecule has 3 N–H and O–H groups in total. The number of rotatable bonds is 9. The molecule has 0 radical (unpaired) electrons. The summed E-state index contributed by atoms with van der Waals surface area (Å²) >= 11 is 0. The largest absolute Gasteiger partial charge is 0.432 e. The number of aromatic nitrogens is 3. The second-order valence-electron chi connectivity index (χ2n) is 7.04. The number of hydrogen-bond acceptors (Lipinski definition) is 6. The lowest BCUT2D eigenvalue weighted by molar-refractivity contribution is 0.0959. The first-order chi connectivity index (χ1) is 14.5. The molecule has 0 atom stereocenters. The predicted octanol–water partition coefficient (Wildman–Crippen LogP) is 3.39. The third-order valence-electron chi connectivity index (χ3n) is 4.79. The van der Waals surface area contributed by atoms with Crippen LogP contribution in [-0.2, 0) is 17.8 Å². The van der Waals surface area contributed by atoms with E-state index in [9.17, 15) is 4.79 Å². The minimum atomic E-state index is -0.542. The summed E-state index contributed by atoms with van der Waals surface area (Å²) in [6, 6.07) is 10.0. The Hall–Kier alpha value is -3.13. The number of fused-ring (bicyclic) bond motifs is 1. The van der Waals surface area contributed by atoms with Crippen molar-refractivity contribution in [3.63, 3.8) is 0 Å². The summed E-state index contributed by atoms with van der Waals surface area (Å²) in [5, 5.41) is 2.77. The molecular formula is C22H29N5O3. The fourth-order valence-electron chi connectivity index (χ4n) is 3.25. The van der Waals surface area contributed by atoms with Crippen LogP contribution < -0.4 is 15.9 Å². The lowest BCUT2D eigenvalue weighted by Gasteiger charge is -2.14. The molecule has 0 aliphatic rings. The van der Waals surface area contributed by atoms with Crippen molar-refractivity contribution < 1.29 is 14.4 Å². The van der Waals surface area contributed by atoms with Crippen LogP contribution in [0.2, 0.25) is 0 Å². The molecule has 0 saturated carbocycles. The molecule has 8 heteroatoms. The van der Waals surface area contributed by atoms with Crippen molar-refractivity contribution in [2.75, 3.05) is 18.9 Å². The third-order valence-corrected chi connectivity index (χ3v) is 4.79. The zero-order valence-corrected chi connectivity index (χ0v) is 17.8. The number of anilines is 1. The average molecular weight is 412 g/mol. The van der Waals surface area contributed by atoms with Crippen LogP contribution in [0.15, 0.2) is 30.3 Å². The Labute approximate surface area is 176 Å². The number of unbranched alkanes of at least 4 members (excludes halogenated alkanes) is 1. The molecule has 0 saturated heterocycles. The Balaban J connectivity index is 2.08. The van der Waals surface area contributed by atoms with Gasteiger partial charge in [-0.25, -0.2) is 14.8 Å². The number of pyridine rings is 1. The third kappa shape index (κ3) is 4.88. The molecule has 3 aromatic rings. The molecule has 0 aliphatic carbocycles. The maximum Gasteiger partial charge on any atom is 0.432 e. The normalized spacial score (nSPS) is 11.0. The average Bonchev–Trinajstić information content (AvgIpc) is 3.09. The molecule has 1 aromatic carbocycles. The summed E-state index contributed by atoms with van der Waals surface area (Å²) in [4.78, 5) is 27.2. The van der Waals surface area contributed by atoms with Crippen LogP contribution in [-0.4, -0.2) is 33.9 Å². The van der Waals surface area contributed by atoms with Crippen LogP contribution in [0.4, 0.5) is 10.6 Å². The molecule has 160 valence electrons. The van der Waals surface area contributed by atoms with Crippen LogP contribution in [0, 0.1) is 6.92 Å². The van der Waals surface area contributed by atoms with Crippen molar-refractivity contribution in [1.82, 2.24) is 20.0 Å². The van der Waals surface area contributed by atoms with Crippen LogP contribution in [0.1, 0.15) is 49.3 Å². The second kappa shape index (κ2) is 10.1. The molecule has 0 fully saturated rings. The van der Waals surface area contributed by atoms with E-state index in [1.165, 1.54) is 4.73 Å². The molecule has 0 aliphatic heterocycles. The molecule has 0 bridgehead atoms. The van der Waals surface area contributed by atoms with E-state index in [0.29, 0.717) is 42.2 Å². The van der Waals surface area contributed by atoms with E-state index in [1.54, 1.807) is 0 Å². The van der Waals surface area contributed by atoms with Crippen molar-refractivity contribution >= 4 is 22.9 Å². The standard InChI is InChI=1S/C22H29N5O3/c1-4-6-12-24-22(28)30-27-18(14-29-5-2)26-19-20(27)17(15(3)25-21(19)23)13-16-10-8-7-9-11-16/h7-11H,4-6,12-14H2,1-3H3,(H2,23,25)(H,24,28). The number of amides is 1. The molecule has 8 nitrogen and oxygen atoms in total. The lowest BCUT2D eigenvalue weighted by atomic mass is 10.0. The summed E-state index contributed by atoms with van der Waals surface area (Å²) in [5.41, 5.74) is 10.1. The van der Waals surface area contributed by atoms with Gasteiger partial charge in [0.25, 0.3) is 0 Å². The Morgan fingerprint density at radius 3 is 2.67 bits per heavy atom. The van der Waals surface area contributed by atoms with Crippen LogP contribution in [0.25, 0.3) is 11.0 Å². The Kier molecular flexibility index (Phi) is 7.24. The first kappa shape index (κ1) is 21.6. The van der Waals surface area contributed by atoms with Gasteiger partial charge in [0.2, 0.25) is 0 Å². The van der Waals surface area contributed by atoms with Crippen LogP contribution in [0.5, 0.6) is 0 Å². The number of benzene rings is 1. The smallest absolute Gasteiger partial charge is 0.382 e. The fourth-order valence-corrected chi connectivity index (χ4v) is 3.25. The number of ether oxygens (including phenoxy) is 1. The quantitative estimate of drug-likeness (QED) is 0.523. The number of nitrogen functional groups attached to an aromatic ring is 1. The maximum atomic E-state index is 12.4. The van der Waals surface area contributed by atoms with E-state index in [-0.39, 0.29) is 6.61 Å². The first-order valence-electron chi connectivity index (χ1n) is 10.3. The van der Waals surface area contributed by atoms with Gasteiger partial charge >= 0.3 is 6.09 Å². The van der Waals surface area contributed by atoms with Crippen molar-refractivity contribution in [3.8, 4) is 0 Å². The van der Waals surface area contributed by atoms with Gasteiger partial charge in [-0.1, -0.05) is 43.7 Å². The minimum absolute atomic E-state index is 0.191. The van der Waals surface area contributed by atoms with E-state index in [0.717, 1.165) is 29.7 Å². The van der Waals surface area contributed by atoms with Gasteiger partial charge in [0.1, 0.15) is 17.6 Å². The van der Waals surface area contributed by atoms with E-state index in [2.05, 4.69) is 22.2 Å². The topological polar surface area (TPSA) is 104 Å². The van der Waals surface area contributed by atoms with Gasteiger partial charge in [-0.3, -0.25) is 0 Å². The highest BCUT2D eigenvalue weighted by molar-refractivity contribution is 5.89. The van der Waals surface area contributed by atoms with E-state index in [1.807, 2.05) is 44.2 Å². The maximum absolute atomic E-state index is 12.4. The van der Waals surface area contributed by atoms with E-state index >= 15 is 0 Å². The number of hydrogen-bond donors (Lipinski definition) is 2. The monoisotopic (exact) mass is 411 g/mol. The Bertz CT molecular complexity index is 1000. The number of nitrogens with two attached hydrogens (primary N) is 1. The van der Waals surface area contributed by atoms with E-state index < -0.39 is 6.09 Å². The van der Waals surface area contributed by atoms with Gasteiger partial charge in [-0.15, -0.1) is 0 Å². The van der Waals surface area contributed by atoms with Gasteiger partial charge in [-0.2, -0.15) is 4.73 Å². The highest BCUT2D eigenvalue weighted by Crippen LogP contribution is 2.28. The van der Waals surface area contributed by atoms with Crippen molar-refractivity contribution in [3.05, 3.63) is 53.0 Å². The number of carbonyl (C=O) groups excluding carboxylic acids is 1. The van der Waals surface area contributed by atoms with Gasteiger partial charge < -0.3 is 20.6 Å². The molecule has 2 heterocycles. The van der Waals surface area contributed by atoms with Gasteiger partial charge in [-0.05, 0) is 25.8 Å². The zero-order valence-electron chi connectivity index (χ0n) is 17.8. The summed E-state index contributed by atoms with van der Waals surface area (Å²) < 4.78 is 6.98. The zero-order chi connectivity index (χ0) is 21.5. The minimum Gasteiger partial charge on any atom is -0.382 e. The van der Waals surface area contributed by atoms with Crippen molar-refractivity contribution in [2.24, 2.45) is 0 Å². The number of nitrogens with zero attached hydrogens (tertiary/aromatic N) is 3. The van der Waals surface area contributed by atoms with Crippen LogP contribution >= 0.6 is 0 Å². The van der Waals surface area contributed by atoms with Crippen molar-refractivity contribution in [2.45, 2.75) is 46.6 Å². The van der Waals surface area contributed by atoms with Crippen LogP contribution in [0.3, 0.4) is 0 Å². The summed E-state index contributed by atoms with van der Waals surface area (Å²) in [7, 11) is 0. The van der Waals surface area contributed by atoms with Gasteiger partial charge in [0, 0.05) is 30.8 Å². The highest BCUT2D eigenvalue weighted by Gasteiger charge is 2.22. The van der Waals surface area contributed by atoms with E-state index in [4.69, 9.17) is 15.3 Å². The number of imidazole rings is 1. The number of nitrogens with one attached hydrogen (secondary N) is 1. The van der Waals surface area contributed by atoms with Gasteiger partial charge in [0.05, 0.1) is 0 Å². The van der Waals surface area contributed by atoms with Gasteiger partial charge in [0.15, 0.2) is 11.6 Å². The Morgan fingerprint density at radius 1 is 1.20 bits per heavy atom. The molecule has 3 rings (SSSR count). The SMILES string of the molecule is CCCCNC(=O)On1c(COCC)nc2c(N)nc(C)c(Cc3ccccc3)c21.